The molecule has 0 aliphatic heterocycles. The standard InChI is InChI=1S/C11H15NO2S/c1-14-8-11(7-13)12-15-9-10-5-3-2-4-6-10/h2-7,11-12H,8-9H2,1H3/t11-/m0/s1. The van der Waals surface area contributed by atoms with Gasteiger partial charge in [-0.2, -0.15) is 0 Å². The third-order valence-corrected chi connectivity index (χ3v) is 2.77. The van der Waals surface area contributed by atoms with Gasteiger partial charge in [0.25, 0.3) is 0 Å². The number of methoxy groups -OCH3 is 1. The van der Waals surface area contributed by atoms with Crippen molar-refractivity contribution < 1.29 is 9.53 Å². The molecule has 0 amide bonds. The summed E-state index contributed by atoms with van der Waals surface area (Å²) >= 11 is 1.52. The highest BCUT2D eigenvalue weighted by Crippen LogP contribution is 2.08. The van der Waals surface area contributed by atoms with Crippen molar-refractivity contribution in [3.63, 3.8) is 0 Å². The van der Waals surface area contributed by atoms with E-state index in [0.717, 1.165) is 12.0 Å². The Morgan fingerprint density at radius 1 is 1.47 bits per heavy atom. The van der Waals surface area contributed by atoms with Gasteiger partial charge in [-0.1, -0.05) is 42.3 Å². The molecule has 0 saturated heterocycles. The minimum Gasteiger partial charge on any atom is -0.383 e. The third kappa shape index (κ3) is 4.97. The first kappa shape index (κ1) is 12.2. The highest BCUT2D eigenvalue weighted by Gasteiger charge is 2.05. The van der Waals surface area contributed by atoms with Crippen LogP contribution >= 0.6 is 11.9 Å². The molecule has 0 aromatic heterocycles. The minimum atomic E-state index is -0.233. The van der Waals surface area contributed by atoms with Crippen LogP contribution in [0.1, 0.15) is 5.56 Å². The second-order valence-corrected chi connectivity index (χ2v) is 3.90. The summed E-state index contributed by atoms with van der Waals surface area (Å²) in [5.74, 6) is 0.842. The minimum absolute atomic E-state index is 0.233. The molecule has 1 aromatic rings. The van der Waals surface area contributed by atoms with Gasteiger partial charge in [0.05, 0.1) is 12.6 Å². The summed E-state index contributed by atoms with van der Waals surface area (Å²) in [6.45, 7) is 0.408. The third-order valence-electron chi connectivity index (χ3n) is 1.83. The molecule has 1 aromatic carbocycles. The molecule has 3 nitrogen and oxygen atoms in total. The van der Waals surface area contributed by atoms with Gasteiger partial charge >= 0.3 is 0 Å². The molecular formula is C11H15NO2S. The molecule has 1 rings (SSSR count). The Morgan fingerprint density at radius 3 is 2.80 bits per heavy atom. The van der Waals surface area contributed by atoms with Crippen LogP contribution in [0.5, 0.6) is 0 Å². The number of rotatable bonds is 7. The molecule has 0 aliphatic rings. The summed E-state index contributed by atoms with van der Waals surface area (Å²) in [4.78, 5) is 10.6. The molecule has 4 heteroatoms. The number of nitrogens with one attached hydrogen (secondary N) is 1. The van der Waals surface area contributed by atoms with Crippen LogP contribution in [-0.2, 0) is 15.3 Å². The van der Waals surface area contributed by atoms with Gasteiger partial charge in [0.2, 0.25) is 0 Å². The Morgan fingerprint density at radius 2 is 2.20 bits per heavy atom. The van der Waals surface area contributed by atoms with Crippen molar-refractivity contribution in [3.05, 3.63) is 35.9 Å². The number of aldehydes is 1. The molecule has 0 aliphatic carbocycles. The van der Waals surface area contributed by atoms with Crippen LogP contribution in [-0.4, -0.2) is 26.0 Å². The predicted molar refractivity (Wildman–Crippen MR) is 62.6 cm³/mol. The Bertz CT molecular complexity index is 279. The van der Waals surface area contributed by atoms with Gasteiger partial charge in [0, 0.05) is 12.9 Å². The summed E-state index contributed by atoms with van der Waals surface area (Å²) in [5, 5.41) is 0. The molecule has 0 saturated carbocycles. The first-order valence-electron chi connectivity index (χ1n) is 4.72. The van der Waals surface area contributed by atoms with Crippen LogP contribution in [0.4, 0.5) is 0 Å². The van der Waals surface area contributed by atoms with Crippen molar-refractivity contribution >= 4 is 18.2 Å². The van der Waals surface area contributed by atoms with Crippen molar-refractivity contribution in [3.8, 4) is 0 Å². The number of benzene rings is 1. The van der Waals surface area contributed by atoms with E-state index in [0.29, 0.717) is 6.61 Å². The maximum absolute atomic E-state index is 10.6. The molecule has 1 atom stereocenters. The fraction of sp³-hybridized carbons (Fsp3) is 0.364. The Hall–Kier alpha value is -0.840. The predicted octanol–water partition coefficient (Wildman–Crippen LogP) is 1.64. The van der Waals surface area contributed by atoms with E-state index in [1.807, 2.05) is 18.2 Å². The highest BCUT2D eigenvalue weighted by molar-refractivity contribution is 7.96. The summed E-state index contributed by atoms with van der Waals surface area (Å²) in [5.41, 5.74) is 1.23. The molecule has 0 heterocycles. The molecule has 1 N–H and O–H groups in total. The van der Waals surface area contributed by atoms with E-state index in [1.165, 1.54) is 17.5 Å². The van der Waals surface area contributed by atoms with E-state index in [4.69, 9.17) is 4.74 Å². The molecule has 82 valence electrons. The Balaban J connectivity index is 2.23. The average molecular weight is 225 g/mol. The van der Waals surface area contributed by atoms with Gasteiger partial charge in [0.1, 0.15) is 6.29 Å². The fourth-order valence-electron chi connectivity index (χ4n) is 1.09. The number of hydrogen-bond donors (Lipinski definition) is 1. The quantitative estimate of drug-likeness (QED) is 0.565. The zero-order valence-corrected chi connectivity index (χ0v) is 9.50. The van der Waals surface area contributed by atoms with Crippen LogP contribution in [0.25, 0.3) is 0 Å². The molecule has 15 heavy (non-hydrogen) atoms. The van der Waals surface area contributed by atoms with Crippen LogP contribution < -0.4 is 4.72 Å². The fourth-order valence-corrected chi connectivity index (χ4v) is 1.87. The van der Waals surface area contributed by atoms with Crippen molar-refractivity contribution in [2.75, 3.05) is 13.7 Å². The van der Waals surface area contributed by atoms with E-state index >= 15 is 0 Å². The summed E-state index contributed by atoms with van der Waals surface area (Å²) in [6, 6.07) is 9.87. The van der Waals surface area contributed by atoms with Crippen LogP contribution in [0, 0.1) is 0 Å². The van der Waals surface area contributed by atoms with Crippen molar-refractivity contribution in [1.82, 2.24) is 4.72 Å². The van der Waals surface area contributed by atoms with Crippen molar-refractivity contribution in [2.24, 2.45) is 0 Å². The van der Waals surface area contributed by atoms with Crippen LogP contribution in [0.15, 0.2) is 30.3 Å². The lowest BCUT2D eigenvalue weighted by Gasteiger charge is -2.10. The number of carbonyl (C=O) groups is 1. The second-order valence-electron chi connectivity index (χ2n) is 3.09. The first-order chi connectivity index (χ1) is 7.36. The van der Waals surface area contributed by atoms with Gasteiger partial charge in [-0.15, -0.1) is 0 Å². The van der Waals surface area contributed by atoms with E-state index in [1.54, 1.807) is 7.11 Å². The van der Waals surface area contributed by atoms with Crippen molar-refractivity contribution in [1.29, 1.82) is 0 Å². The van der Waals surface area contributed by atoms with Crippen LogP contribution in [0.2, 0.25) is 0 Å². The van der Waals surface area contributed by atoms with E-state index < -0.39 is 0 Å². The van der Waals surface area contributed by atoms with Gasteiger partial charge in [0.15, 0.2) is 0 Å². The van der Waals surface area contributed by atoms with Gasteiger partial charge < -0.3 is 9.53 Å². The van der Waals surface area contributed by atoms with Gasteiger partial charge in [-0.05, 0) is 5.56 Å². The molecule has 0 unspecified atom stereocenters. The van der Waals surface area contributed by atoms with Crippen LogP contribution in [0.3, 0.4) is 0 Å². The zero-order valence-electron chi connectivity index (χ0n) is 8.68. The van der Waals surface area contributed by atoms with Gasteiger partial charge in [-0.3, -0.25) is 4.72 Å². The lowest BCUT2D eigenvalue weighted by Crippen LogP contribution is -2.29. The normalized spacial score (nSPS) is 12.3. The Labute approximate surface area is 94.3 Å². The summed E-state index contributed by atoms with van der Waals surface area (Å²) < 4.78 is 7.93. The number of carbonyl (C=O) groups excluding carboxylic acids is 1. The maximum Gasteiger partial charge on any atom is 0.140 e. The summed E-state index contributed by atoms with van der Waals surface area (Å²) in [6.07, 6.45) is 0.863. The number of ether oxygens (including phenoxy) is 1. The van der Waals surface area contributed by atoms with E-state index in [-0.39, 0.29) is 6.04 Å². The maximum atomic E-state index is 10.6. The largest absolute Gasteiger partial charge is 0.383 e. The first-order valence-corrected chi connectivity index (χ1v) is 5.71. The van der Waals surface area contributed by atoms with E-state index in [2.05, 4.69) is 16.9 Å². The Kier molecular flexibility index (Phi) is 6.08. The summed E-state index contributed by atoms with van der Waals surface area (Å²) in [7, 11) is 1.58. The monoisotopic (exact) mass is 225 g/mol. The molecule has 0 radical (unpaired) electrons. The SMILES string of the molecule is COC[C@H](C=O)NSCc1ccccc1. The second kappa shape index (κ2) is 7.45. The zero-order chi connectivity index (χ0) is 10.9. The average Bonchev–Trinajstić information content (AvgIpc) is 2.29. The lowest BCUT2D eigenvalue weighted by atomic mass is 10.2. The van der Waals surface area contributed by atoms with Crippen molar-refractivity contribution in [2.45, 2.75) is 11.8 Å². The van der Waals surface area contributed by atoms with E-state index in [9.17, 15) is 4.79 Å². The lowest BCUT2D eigenvalue weighted by molar-refractivity contribution is -0.110. The highest BCUT2D eigenvalue weighted by atomic mass is 32.2. The smallest absolute Gasteiger partial charge is 0.140 e. The van der Waals surface area contributed by atoms with Gasteiger partial charge in [-0.25, -0.2) is 0 Å². The number of hydrogen-bond acceptors (Lipinski definition) is 4. The molecule has 0 fully saturated rings. The molecule has 0 bridgehead atoms. The molecular weight excluding hydrogens is 210 g/mol. The topological polar surface area (TPSA) is 38.3 Å². The molecule has 0 spiro atoms.